The highest BCUT2D eigenvalue weighted by Crippen LogP contribution is 2.36. The van der Waals surface area contributed by atoms with Crippen LogP contribution < -0.4 is 10.6 Å². The molecule has 2 N–H and O–H groups in total. The highest BCUT2D eigenvalue weighted by molar-refractivity contribution is 6.30. The number of benzene rings is 1. The number of amides is 2. The van der Waals surface area contributed by atoms with Crippen molar-refractivity contribution in [1.82, 2.24) is 10.3 Å². The number of hydrogen-bond donors (Lipinski definition) is 2. The molecule has 2 amide bonds. The number of carbonyl (C=O) groups is 2. The van der Waals surface area contributed by atoms with E-state index in [2.05, 4.69) is 22.2 Å². The Hall–Kier alpha value is -2.87. The van der Waals surface area contributed by atoms with Crippen LogP contribution in [-0.4, -0.2) is 23.3 Å². The lowest BCUT2D eigenvalue weighted by atomic mass is 10.1. The van der Waals surface area contributed by atoms with E-state index in [0.29, 0.717) is 6.07 Å². The molecule has 0 radical (unpaired) electrons. The second-order valence-electron chi connectivity index (χ2n) is 5.07. The Labute approximate surface area is 151 Å². The Kier molecular flexibility index (Phi) is 5.99. The highest BCUT2D eigenvalue weighted by Gasteiger charge is 2.34. The van der Waals surface area contributed by atoms with Gasteiger partial charge in [-0.2, -0.15) is 13.2 Å². The third-order valence-electron chi connectivity index (χ3n) is 3.20. The Bertz CT molecular complexity index is 853. The van der Waals surface area contributed by atoms with E-state index >= 15 is 0 Å². The van der Waals surface area contributed by atoms with Crippen LogP contribution in [0.3, 0.4) is 0 Å². The minimum Gasteiger partial charge on any atom is -0.349 e. The molecule has 1 heterocycles. The van der Waals surface area contributed by atoms with Crippen molar-refractivity contribution < 1.29 is 22.8 Å². The maximum atomic E-state index is 13.1. The molecular weight excluding hydrogens is 371 g/mol. The molecule has 0 atom stereocenters. The number of anilines is 1. The van der Waals surface area contributed by atoms with E-state index in [-0.39, 0.29) is 22.8 Å². The van der Waals surface area contributed by atoms with Gasteiger partial charge in [0.15, 0.2) is 0 Å². The number of pyridine rings is 1. The first-order valence-electron chi connectivity index (χ1n) is 7.25. The van der Waals surface area contributed by atoms with Crippen LogP contribution in [0.2, 0.25) is 5.02 Å². The average Bonchev–Trinajstić information content (AvgIpc) is 2.60. The lowest BCUT2D eigenvalue weighted by Crippen LogP contribution is -2.24. The molecule has 5 nitrogen and oxygen atoms in total. The van der Waals surface area contributed by atoms with Gasteiger partial charge in [0.25, 0.3) is 11.8 Å². The van der Waals surface area contributed by atoms with Gasteiger partial charge in [0.2, 0.25) is 0 Å². The zero-order valence-corrected chi connectivity index (χ0v) is 14.0. The molecule has 0 fully saturated rings. The van der Waals surface area contributed by atoms with Crippen molar-refractivity contribution in [3.05, 3.63) is 71.0 Å². The van der Waals surface area contributed by atoms with Crippen molar-refractivity contribution in [2.24, 2.45) is 0 Å². The standard InChI is InChI=1S/C17H13ClF3N3O2/c1-2-6-23-15(25)10-5-7-22-14(8-10)16(26)24-13-4-3-11(18)9-12(13)17(19,20)21/h2-5,7-9H,1,6H2,(H,23,25)(H,24,26). The molecule has 0 aliphatic carbocycles. The van der Waals surface area contributed by atoms with Crippen molar-refractivity contribution in [1.29, 1.82) is 0 Å². The topological polar surface area (TPSA) is 71.1 Å². The van der Waals surface area contributed by atoms with Crippen LogP contribution in [0, 0.1) is 0 Å². The molecule has 2 rings (SSSR count). The molecule has 0 unspecified atom stereocenters. The lowest BCUT2D eigenvalue weighted by molar-refractivity contribution is -0.136. The summed E-state index contributed by atoms with van der Waals surface area (Å²) < 4.78 is 39.2. The predicted molar refractivity (Wildman–Crippen MR) is 91.2 cm³/mol. The van der Waals surface area contributed by atoms with Crippen LogP contribution in [0.25, 0.3) is 0 Å². The first-order valence-corrected chi connectivity index (χ1v) is 7.63. The number of nitrogens with one attached hydrogen (secondary N) is 2. The van der Waals surface area contributed by atoms with Gasteiger partial charge < -0.3 is 10.6 Å². The predicted octanol–water partition coefficient (Wildman–Crippen LogP) is 3.92. The van der Waals surface area contributed by atoms with Crippen LogP contribution in [0.15, 0.2) is 49.2 Å². The number of alkyl halides is 3. The Morgan fingerprint density at radius 2 is 1.92 bits per heavy atom. The summed E-state index contributed by atoms with van der Waals surface area (Å²) in [6.45, 7) is 3.69. The Morgan fingerprint density at radius 1 is 1.19 bits per heavy atom. The van der Waals surface area contributed by atoms with E-state index in [1.54, 1.807) is 0 Å². The van der Waals surface area contributed by atoms with Crippen molar-refractivity contribution in [2.45, 2.75) is 6.18 Å². The maximum Gasteiger partial charge on any atom is 0.418 e. The van der Waals surface area contributed by atoms with Crippen LogP contribution in [0.4, 0.5) is 18.9 Å². The third kappa shape index (κ3) is 4.82. The average molecular weight is 384 g/mol. The largest absolute Gasteiger partial charge is 0.418 e. The minimum absolute atomic E-state index is 0.116. The van der Waals surface area contributed by atoms with E-state index in [4.69, 9.17) is 11.6 Å². The molecule has 0 saturated carbocycles. The molecule has 1 aromatic carbocycles. The summed E-state index contributed by atoms with van der Waals surface area (Å²) in [5.41, 5.74) is -1.62. The molecule has 0 spiro atoms. The molecule has 2 aromatic rings. The minimum atomic E-state index is -4.70. The van der Waals surface area contributed by atoms with E-state index < -0.39 is 29.2 Å². The number of aromatic nitrogens is 1. The van der Waals surface area contributed by atoms with Crippen LogP contribution in [0.5, 0.6) is 0 Å². The summed E-state index contributed by atoms with van der Waals surface area (Å²) in [5, 5.41) is 4.55. The fraction of sp³-hybridized carbons (Fsp3) is 0.118. The molecule has 0 bridgehead atoms. The summed E-state index contributed by atoms with van der Waals surface area (Å²) in [6.07, 6.45) is -2.01. The second-order valence-corrected chi connectivity index (χ2v) is 5.51. The number of halogens is 4. The van der Waals surface area contributed by atoms with E-state index in [1.807, 2.05) is 0 Å². The van der Waals surface area contributed by atoms with E-state index in [0.717, 1.165) is 6.07 Å². The smallest absolute Gasteiger partial charge is 0.349 e. The summed E-state index contributed by atoms with van der Waals surface area (Å²) in [6, 6.07) is 5.53. The van der Waals surface area contributed by atoms with Gasteiger partial charge in [0.1, 0.15) is 5.69 Å². The molecule has 26 heavy (non-hydrogen) atoms. The summed E-state index contributed by atoms with van der Waals surface area (Å²) in [7, 11) is 0. The molecule has 0 aliphatic rings. The molecule has 9 heteroatoms. The zero-order valence-electron chi connectivity index (χ0n) is 13.2. The molecule has 1 aromatic heterocycles. The third-order valence-corrected chi connectivity index (χ3v) is 3.43. The van der Waals surface area contributed by atoms with Crippen LogP contribution in [-0.2, 0) is 6.18 Å². The fourth-order valence-corrected chi connectivity index (χ4v) is 2.18. The normalized spacial score (nSPS) is 10.9. The van der Waals surface area contributed by atoms with Crippen molar-refractivity contribution in [2.75, 3.05) is 11.9 Å². The van der Waals surface area contributed by atoms with Gasteiger partial charge in [-0.05, 0) is 30.3 Å². The number of nitrogens with zero attached hydrogens (tertiary/aromatic N) is 1. The quantitative estimate of drug-likeness (QED) is 0.769. The van der Waals surface area contributed by atoms with Gasteiger partial charge in [-0.1, -0.05) is 17.7 Å². The molecule has 0 aliphatic heterocycles. The van der Waals surface area contributed by atoms with Gasteiger partial charge in [-0.3, -0.25) is 14.6 Å². The first kappa shape index (κ1) is 19.5. The highest BCUT2D eigenvalue weighted by atomic mass is 35.5. The van der Waals surface area contributed by atoms with Gasteiger partial charge in [0.05, 0.1) is 11.3 Å². The van der Waals surface area contributed by atoms with Gasteiger partial charge >= 0.3 is 6.18 Å². The Morgan fingerprint density at radius 3 is 2.58 bits per heavy atom. The summed E-state index contributed by atoms with van der Waals surface area (Å²) >= 11 is 5.60. The van der Waals surface area contributed by atoms with Crippen molar-refractivity contribution >= 4 is 29.1 Å². The first-order chi connectivity index (χ1) is 12.2. The van der Waals surface area contributed by atoms with E-state index in [1.165, 1.54) is 30.5 Å². The van der Waals surface area contributed by atoms with Crippen LogP contribution >= 0.6 is 11.6 Å². The maximum absolute atomic E-state index is 13.1. The number of rotatable bonds is 5. The molecule has 0 saturated heterocycles. The lowest BCUT2D eigenvalue weighted by Gasteiger charge is -2.14. The van der Waals surface area contributed by atoms with E-state index in [9.17, 15) is 22.8 Å². The summed E-state index contributed by atoms with van der Waals surface area (Å²) in [5.74, 6) is -1.36. The molecular formula is C17H13ClF3N3O2. The number of carbonyl (C=O) groups excluding carboxylic acids is 2. The van der Waals surface area contributed by atoms with Gasteiger partial charge in [-0.15, -0.1) is 6.58 Å². The second kappa shape index (κ2) is 8.01. The van der Waals surface area contributed by atoms with Gasteiger partial charge in [-0.25, -0.2) is 0 Å². The SMILES string of the molecule is C=CCNC(=O)c1ccnc(C(=O)Nc2ccc(Cl)cc2C(F)(F)F)c1. The van der Waals surface area contributed by atoms with Crippen LogP contribution in [0.1, 0.15) is 26.4 Å². The summed E-state index contributed by atoms with van der Waals surface area (Å²) in [4.78, 5) is 27.9. The van der Waals surface area contributed by atoms with Crippen molar-refractivity contribution in [3.63, 3.8) is 0 Å². The number of hydrogen-bond acceptors (Lipinski definition) is 3. The zero-order chi connectivity index (χ0) is 19.3. The fourth-order valence-electron chi connectivity index (χ4n) is 2.01. The molecule has 136 valence electrons. The van der Waals surface area contributed by atoms with Gasteiger partial charge in [0, 0.05) is 23.3 Å². The van der Waals surface area contributed by atoms with Crippen molar-refractivity contribution in [3.8, 4) is 0 Å². The Balaban J connectivity index is 2.26. The monoisotopic (exact) mass is 383 g/mol.